The van der Waals surface area contributed by atoms with Crippen molar-refractivity contribution in [2.24, 2.45) is 0 Å². The predicted octanol–water partition coefficient (Wildman–Crippen LogP) is 2.75. The number of nitrogens with one attached hydrogen (secondary N) is 2. The van der Waals surface area contributed by atoms with Gasteiger partial charge in [-0.2, -0.15) is 0 Å². The minimum Gasteiger partial charge on any atom is -0.478 e. The molecule has 114 valence electrons. The maximum absolute atomic E-state index is 11.6. The van der Waals surface area contributed by atoms with Gasteiger partial charge >= 0.3 is 12.0 Å². The summed E-state index contributed by atoms with van der Waals surface area (Å²) in [7, 11) is 0. The topological polar surface area (TPSA) is 87.7 Å². The van der Waals surface area contributed by atoms with Crippen LogP contribution in [-0.4, -0.2) is 36.9 Å². The Morgan fingerprint density at radius 3 is 2.81 bits per heavy atom. The molecule has 0 unspecified atom stereocenters. The van der Waals surface area contributed by atoms with Crippen molar-refractivity contribution in [1.82, 2.24) is 5.32 Å². The third-order valence-corrected chi connectivity index (χ3v) is 2.69. The van der Waals surface area contributed by atoms with Gasteiger partial charge in [0, 0.05) is 11.6 Å². The Hall–Kier alpha value is -2.05. The van der Waals surface area contributed by atoms with E-state index in [9.17, 15) is 9.59 Å². The number of amides is 2. The number of halogens is 1. The average molecular weight is 313 g/mol. The van der Waals surface area contributed by atoms with Gasteiger partial charge < -0.3 is 20.5 Å². The molecule has 21 heavy (non-hydrogen) atoms. The predicted molar refractivity (Wildman–Crippen MR) is 81.1 cm³/mol. The lowest BCUT2D eigenvalue weighted by atomic mass is 10.2. The van der Waals surface area contributed by atoms with Crippen LogP contribution in [0.4, 0.5) is 10.5 Å². The molecule has 7 heteroatoms. The molecule has 0 bridgehead atoms. The Bertz CT molecular complexity index is 520. The van der Waals surface area contributed by atoms with Crippen LogP contribution in [-0.2, 0) is 4.74 Å². The molecule has 0 fully saturated rings. The van der Waals surface area contributed by atoms with E-state index < -0.39 is 12.0 Å². The number of rotatable bonds is 8. The van der Waals surface area contributed by atoms with Gasteiger partial charge in [-0.15, -0.1) is 6.58 Å². The Balaban J connectivity index is 2.44. The van der Waals surface area contributed by atoms with E-state index in [1.165, 1.54) is 18.2 Å². The molecule has 0 heterocycles. The molecule has 0 aliphatic rings. The first kappa shape index (κ1) is 17.0. The SMILES string of the molecule is C=CCCOCCNC(=O)Nc1ccc(Cl)cc1C(=O)O. The van der Waals surface area contributed by atoms with Crippen LogP contribution in [0.1, 0.15) is 16.8 Å². The normalized spacial score (nSPS) is 9.95. The molecule has 0 aromatic heterocycles. The average Bonchev–Trinajstić information content (AvgIpc) is 2.44. The molecule has 0 saturated carbocycles. The lowest BCUT2D eigenvalue weighted by Gasteiger charge is -2.10. The second kappa shape index (κ2) is 8.99. The highest BCUT2D eigenvalue weighted by atomic mass is 35.5. The molecule has 2 amide bonds. The van der Waals surface area contributed by atoms with Crippen LogP contribution in [0.25, 0.3) is 0 Å². The molecular weight excluding hydrogens is 296 g/mol. The molecule has 1 aromatic carbocycles. The monoisotopic (exact) mass is 312 g/mol. The van der Waals surface area contributed by atoms with Crippen molar-refractivity contribution >= 4 is 29.3 Å². The van der Waals surface area contributed by atoms with Crippen LogP contribution in [0.15, 0.2) is 30.9 Å². The molecule has 0 aliphatic carbocycles. The van der Waals surface area contributed by atoms with Crippen LogP contribution in [0, 0.1) is 0 Å². The molecule has 0 saturated heterocycles. The van der Waals surface area contributed by atoms with Gasteiger partial charge in [-0.3, -0.25) is 0 Å². The molecule has 1 rings (SSSR count). The molecule has 3 N–H and O–H groups in total. The van der Waals surface area contributed by atoms with E-state index in [1.807, 2.05) is 0 Å². The Morgan fingerprint density at radius 2 is 2.14 bits per heavy atom. The fraction of sp³-hybridized carbons (Fsp3) is 0.286. The highest BCUT2D eigenvalue weighted by Crippen LogP contribution is 2.20. The number of carboxylic acids is 1. The van der Waals surface area contributed by atoms with Gasteiger partial charge in [-0.1, -0.05) is 17.7 Å². The summed E-state index contributed by atoms with van der Waals surface area (Å²) in [5, 5.41) is 14.3. The lowest BCUT2D eigenvalue weighted by molar-refractivity contribution is 0.0698. The number of urea groups is 1. The third-order valence-electron chi connectivity index (χ3n) is 2.46. The van der Waals surface area contributed by atoms with Gasteiger partial charge in [0.2, 0.25) is 0 Å². The van der Waals surface area contributed by atoms with Crippen LogP contribution >= 0.6 is 11.6 Å². The fourth-order valence-corrected chi connectivity index (χ4v) is 1.65. The summed E-state index contributed by atoms with van der Waals surface area (Å²) in [6.45, 7) is 4.80. The second-order valence-corrected chi connectivity index (χ2v) is 4.50. The van der Waals surface area contributed by atoms with Gasteiger partial charge in [0.15, 0.2) is 0 Å². The first-order valence-electron chi connectivity index (χ1n) is 6.31. The third kappa shape index (κ3) is 6.29. The Labute approximate surface area is 127 Å². The van der Waals surface area contributed by atoms with Crippen molar-refractivity contribution in [2.45, 2.75) is 6.42 Å². The smallest absolute Gasteiger partial charge is 0.337 e. The zero-order valence-corrected chi connectivity index (χ0v) is 12.2. The first-order chi connectivity index (χ1) is 10.0. The molecule has 0 atom stereocenters. The van der Waals surface area contributed by atoms with Gasteiger partial charge in [0.1, 0.15) is 0 Å². The standard InChI is InChI=1S/C14H17ClN2O4/c1-2-3-7-21-8-6-16-14(20)17-12-5-4-10(15)9-11(12)13(18)19/h2,4-5,9H,1,3,6-8H2,(H,18,19)(H2,16,17,20). The quantitative estimate of drug-likeness (QED) is 0.509. The van der Waals surface area contributed by atoms with Crippen molar-refractivity contribution < 1.29 is 19.4 Å². The van der Waals surface area contributed by atoms with E-state index in [-0.39, 0.29) is 16.3 Å². The summed E-state index contributed by atoms with van der Waals surface area (Å²) in [6, 6.07) is 3.71. The van der Waals surface area contributed by atoms with E-state index >= 15 is 0 Å². The highest BCUT2D eigenvalue weighted by Gasteiger charge is 2.12. The van der Waals surface area contributed by atoms with E-state index in [0.717, 1.165) is 6.42 Å². The van der Waals surface area contributed by atoms with Crippen LogP contribution in [0.2, 0.25) is 5.02 Å². The molecule has 6 nitrogen and oxygen atoms in total. The maximum Gasteiger partial charge on any atom is 0.337 e. The zero-order chi connectivity index (χ0) is 15.7. The summed E-state index contributed by atoms with van der Waals surface area (Å²) in [4.78, 5) is 22.7. The van der Waals surface area contributed by atoms with E-state index in [1.54, 1.807) is 6.08 Å². The summed E-state index contributed by atoms with van der Waals surface area (Å²) < 4.78 is 5.23. The summed E-state index contributed by atoms with van der Waals surface area (Å²) in [5.74, 6) is -1.17. The van der Waals surface area contributed by atoms with Crippen LogP contribution in [0.5, 0.6) is 0 Å². The minimum atomic E-state index is -1.17. The van der Waals surface area contributed by atoms with Crippen LogP contribution < -0.4 is 10.6 Å². The van der Waals surface area contributed by atoms with E-state index in [4.69, 9.17) is 21.4 Å². The fourth-order valence-electron chi connectivity index (χ4n) is 1.47. The van der Waals surface area contributed by atoms with Crippen molar-refractivity contribution in [2.75, 3.05) is 25.1 Å². The summed E-state index contributed by atoms with van der Waals surface area (Å²) >= 11 is 5.73. The van der Waals surface area contributed by atoms with Crippen molar-refractivity contribution in [1.29, 1.82) is 0 Å². The van der Waals surface area contributed by atoms with Crippen molar-refractivity contribution in [3.05, 3.63) is 41.4 Å². The Kier molecular flexibility index (Phi) is 7.28. The molecule has 0 radical (unpaired) electrons. The maximum atomic E-state index is 11.6. The second-order valence-electron chi connectivity index (χ2n) is 4.07. The molecule has 0 aliphatic heterocycles. The van der Waals surface area contributed by atoms with Gasteiger partial charge in [0.05, 0.1) is 24.5 Å². The number of carbonyl (C=O) groups excluding carboxylic acids is 1. The minimum absolute atomic E-state index is 0.0696. The number of carboxylic acid groups (broad SMARTS) is 1. The lowest BCUT2D eigenvalue weighted by Crippen LogP contribution is -2.32. The Morgan fingerprint density at radius 1 is 1.38 bits per heavy atom. The summed E-state index contributed by atoms with van der Waals surface area (Å²) in [6.07, 6.45) is 2.49. The van der Waals surface area contributed by atoms with Gasteiger partial charge in [0.25, 0.3) is 0 Å². The largest absolute Gasteiger partial charge is 0.478 e. The number of carbonyl (C=O) groups is 2. The van der Waals surface area contributed by atoms with Crippen LogP contribution in [0.3, 0.4) is 0 Å². The van der Waals surface area contributed by atoms with E-state index in [2.05, 4.69) is 17.2 Å². The number of hydrogen-bond donors (Lipinski definition) is 3. The number of hydrogen-bond acceptors (Lipinski definition) is 3. The van der Waals surface area contributed by atoms with Crippen molar-refractivity contribution in [3.63, 3.8) is 0 Å². The van der Waals surface area contributed by atoms with Crippen molar-refractivity contribution in [3.8, 4) is 0 Å². The number of anilines is 1. The molecule has 1 aromatic rings. The molecular formula is C14H17ClN2O4. The highest BCUT2D eigenvalue weighted by molar-refractivity contribution is 6.31. The molecule has 0 spiro atoms. The zero-order valence-electron chi connectivity index (χ0n) is 11.4. The number of aromatic carboxylic acids is 1. The number of ether oxygens (including phenoxy) is 1. The van der Waals surface area contributed by atoms with Gasteiger partial charge in [-0.25, -0.2) is 9.59 Å². The van der Waals surface area contributed by atoms with E-state index in [0.29, 0.717) is 19.8 Å². The number of benzene rings is 1. The van der Waals surface area contributed by atoms with Gasteiger partial charge in [-0.05, 0) is 24.6 Å². The summed E-state index contributed by atoms with van der Waals surface area (Å²) in [5.41, 5.74) is 0.108. The first-order valence-corrected chi connectivity index (χ1v) is 6.68.